The minimum absolute atomic E-state index is 0.130. The van der Waals surface area contributed by atoms with E-state index in [-0.39, 0.29) is 16.2 Å². The van der Waals surface area contributed by atoms with Gasteiger partial charge in [-0.2, -0.15) is 0 Å². The minimum atomic E-state index is -0.268. The van der Waals surface area contributed by atoms with Crippen molar-refractivity contribution in [3.05, 3.63) is 11.6 Å². The second-order valence-electron chi connectivity index (χ2n) is 6.68. The molecule has 0 aromatic heterocycles. The van der Waals surface area contributed by atoms with Crippen molar-refractivity contribution in [2.75, 3.05) is 0 Å². The van der Waals surface area contributed by atoms with Crippen molar-refractivity contribution >= 4 is 12.1 Å². The molecule has 0 aromatic carbocycles. The van der Waals surface area contributed by atoms with Crippen LogP contribution in [0.4, 0.5) is 0 Å². The van der Waals surface area contributed by atoms with E-state index in [1.165, 1.54) is 0 Å². The Balaban J connectivity index is 2.31. The monoisotopic (exact) mass is 232 g/mol. The van der Waals surface area contributed by atoms with E-state index in [1.54, 1.807) is 0 Å². The summed E-state index contributed by atoms with van der Waals surface area (Å²) in [5.74, 6) is 0.868. The second kappa shape index (κ2) is 2.90. The lowest BCUT2D eigenvalue weighted by Gasteiger charge is -2.44. The highest BCUT2D eigenvalue weighted by Gasteiger charge is 2.74. The smallest absolute Gasteiger partial charge is 0.146 e. The first kappa shape index (κ1) is 11.2. The molecule has 0 amide bonds. The summed E-state index contributed by atoms with van der Waals surface area (Å²) in [4.78, 5) is 24.0. The van der Waals surface area contributed by atoms with Gasteiger partial charge in [0.05, 0.1) is 0 Å². The molecule has 0 aliphatic heterocycles. The van der Waals surface area contributed by atoms with Crippen LogP contribution in [0, 0.1) is 22.2 Å². The van der Waals surface area contributed by atoms with Crippen LogP contribution >= 0.6 is 0 Å². The van der Waals surface area contributed by atoms with Gasteiger partial charge in [0.25, 0.3) is 0 Å². The van der Waals surface area contributed by atoms with Gasteiger partial charge in [0.2, 0.25) is 0 Å². The second-order valence-corrected chi connectivity index (χ2v) is 6.68. The summed E-state index contributed by atoms with van der Waals surface area (Å²) >= 11 is 0. The van der Waals surface area contributed by atoms with Gasteiger partial charge in [0, 0.05) is 17.3 Å². The molecule has 2 unspecified atom stereocenters. The predicted molar refractivity (Wildman–Crippen MR) is 65.4 cm³/mol. The Kier molecular flexibility index (Phi) is 1.91. The van der Waals surface area contributed by atoms with Crippen molar-refractivity contribution in [1.82, 2.24) is 0 Å². The van der Waals surface area contributed by atoms with Crippen molar-refractivity contribution < 1.29 is 9.59 Å². The number of allylic oxidation sites excluding steroid dienone is 2. The standard InChI is InChI=1S/C15H20O2/c1-10-4-7-15-12(17)5-6-14(10,15)11(9-16)8-13(15,2)3/h8-10H,4-7H2,1-3H3/t10-,14?,15?/m1/s1. The highest BCUT2D eigenvalue weighted by Crippen LogP contribution is 2.76. The summed E-state index contributed by atoms with van der Waals surface area (Å²) in [6.07, 6.45) is 6.71. The van der Waals surface area contributed by atoms with Crippen LogP contribution in [0.5, 0.6) is 0 Å². The highest BCUT2D eigenvalue weighted by atomic mass is 16.1. The molecular weight excluding hydrogens is 212 g/mol. The summed E-state index contributed by atoms with van der Waals surface area (Å²) in [6.45, 7) is 6.50. The van der Waals surface area contributed by atoms with E-state index in [2.05, 4.69) is 26.8 Å². The quantitative estimate of drug-likeness (QED) is 0.651. The average molecular weight is 232 g/mol. The first-order valence-electron chi connectivity index (χ1n) is 6.64. The van der Waals surface area contributed by atoms with Gasteiger partial charge < -0.3 is 0 Å². The summed E-state index contributed by atoms with van der Waals surface area (Å²) in [6, 6.07) is 0. The number of Topliss-reactive ketones (excluding diaryl/α,β-unsaturated/α-hetero) is 1. The molecule has 3 aliphatic carbocycles. The Hall–Kier alpha value is -0.920. The van der Waals surface area contributed by atoms with Crippen LogP contribution in [0.1, 0.15) is 46.5 Å². The van der Waals surface area contributed by atoms with E-state index in [0.717, 1.165) is 31.1 Å². The fourth-order valence-corrected chi connectivity index (χ4v) is 5.41. The number of carbonyl (C=O) groups is 2. The van der Waals surface area contributed by atoms with E-state index >= 15 is 0 Å². The Bertz CT molecular complexity index is 446. The molecular formula is C15H20O2. The zero-order valence-electron chi connectivity index (χ0n) is 10.9. The Morgan fingerprint density at radius 1 is 1.35 bits per heavy atom. The van der Waals surface area contributed by atoms with Gasteiger partial charge in [0.15, 0.2) is 0 Å². The molecule has 17 heavy (non-hydrogen) atoms. The maximum atomic E-state index is 12.5. The SMILES string of the molecule is C[C@@H]1CCC23C(=O)CCC12C(C=O)=CC3(C)C. The summed E-state index contributed by atoms with van der Waals surface area (Å²) in [5.41, 5.74) is 0.366. The fraction of sp³-hybridized carbons (Fsp3) is 0.733. The lowest BCUT2D eigenvalue weighted by molar-refractivity contribution is -0.133. The third-order valence-corrected chi connectivity index (χ3v) is 6.04. The van der Waals surface area contributed by atoms with E-state index in [9.17, 15) is 9.59 Å². The molecule has 0 heterocycles. The zero-order valence-corrected chi connectivity index (χ0v) is 10.9. The van der Waals surface area contributed by atoms with Gasteiger partial charge in [-0.15, -0.1) is 0 Å². The molecule has 2 heteroatoms. The van der Waals surface area contributed by atoms with Crippen molar-refractivity contribution in [2.45, 2.75) is 46.5 Å². The maximum absolute atomic E-state index is 12.5. The Morgan fingerprint density at radius 3 is 2.71 bits per heavy atom. The third kappa shape index (κ3) is 0.882. The molecule has 0 bridgehead atoms. The molecule has 0 aromatic rings. The third-order valence-electron chi connectivity index (χ3n) is 6.04. The van der Waals surface area contributed by atoms with Crippen LogP contribution in [0.2, 0.25) is 0 Å². The minimum Gasteiger partial charge on any atom is -0.299 e. The number of rotatable bonds is 1. The largest absolute Gasteiger partial charge is 0.299 e. The Morgan fingerprint density at radius 2 is 2.06 bits per heavy atom. The van der Waals surface area contributed by atoms with Gasteiger partial charge >= 0.3 is 0 Å². The molecule has 3 aliphatic rings. The van der Waals surface area contributed by atoms with E-state index in [4.69, 9.17) is 0 Å². The van der Waals surface area contributed by atoms with Crippen molar-refractivity contribution in [1.29, 1.82) is 0 Å². The molecule has 2 saturated carbocycles. The molecule has 3 rings (SSSR count). The Labute approximate surface area is 102 Å². The molecule has 92 valence electrons. The topological polar surface area (TPSA) is 34.1 Å². The first-order chi connectivity index (χ1) is 7.92. The summed E-state index contributed by atoms with van der Waals surface area (Å²) in [7, 11) is 0. The molecule has 0 N–H and O–H groups in total. The van der Waals surface area contributed by atoms with Crippen molar-refractivity contribution in [3.63, 3.8) is 0 Å². The lowest BCUT2D eigenvalue weighted by Crippen LogP contribution is -2.46. The van der Waals surface area contributed by atoms with Crippen LogP contribution in [0.25, 0.3) is 0 Å². The predicted octanol–water partition coefficient (Wildman–Crippen LogP) is 2.92. The summed E-state index contributed by atoms with van der Waals surface area (Å²) in [5, 5.41) is 0. The molecule has 0 radical (unpaired) electrons. The van der Waals surface area contributed by atoms with Gasteiger partial charge in [-0.1, -0.05) is 26.8 Å². The number of aldehydes is 1. The number of hydrogen-bond donors (Lipinski definition) is 0. The molecule has 0 saturated heterocycles. The highest BCUT2D eigenvalue weighted by molar-refractivity contribution is 5.95. The van der Waals surface area contributed by atoms with Crippen LogP contribution in [-0.2, 0) is 9.59 Å². The molecule has 3 atom stereocenters. The van der Waals surface area contributed by atoms with Crippen LogP contribution in [-0.4, -0.2) is 12.1 Å². The van der Waals surface area contributed by atoms with Gasteiger partial charge in [-0.3, -0.25) is 9.59 Å². The lowest BCUT2D eigenvalue weighted by atomic mass is 9.56. The van der Waals surface area contributed by atoms with Gasteiger partial charge in [0.1, 0.15) is 12.1 Å². The maximum Gasteiger partial charge on any atom is 0.146 e. The molecule has 2 fully saturated rings. The number of carbonyl (C=O) groups excluding carboxylic acids is 2. The fourth-order valence-electron chi connectivity index (χ4n) is 5.41. The molecule has 0 spiro atoms. The van der Waals surface area contributed by atoms with Crippen molar-refractivity contribution in [3.8, 4) is 0 Å². The van der Waals surface area contributed by atoms with Gasteiger partial charge in [-0.05, 0) is 36.2 Å². The van der Waals surface area contributed by atoms with Crippen LogP contribution in [0.3, 0.4) is 0 Å². The normalized spacial score (nSPS) is 46.6. The van der Waals surface area contributed by atoms with Crippen molar-refractivity contribution in [2.24, 2.45) is 22.2 Å². The number of hydrogen-bond acceptors (Lipinski definition) is 2. The van der Waals surface area contributed by atoms with E-state index in [0.29, 0.717) is 18.1 Å². The van der Waals surface area contributed by atoms with Gasteiger partial charge in [-0.25, -0.2) is 0 Å². The van der Waals surface area contributed by atoms with E-state index < -0.39 is 0 Å². The zero-order chi connectivity index (χ0) is 12.5. The van der Waals surface area contributed by atoms with Crippen LogP contribution in [0.15, 0.2) is 11.6 Å². The summed E-state index contributed by atoms with van der Waals surface area (Å²) < 4.78 is 0. The van der Waals surface area contributed by atoms with Crippen LogP contribution < -0.4 is 0 Å². The number of ketones is 1. The van der Waals surface area contributed by atoms with E-state index in [1.807, 2.05) is 0 Å². The average Bonchev–Trinajstić information content (AvgIpc) is 2.80. The molecule has 2 nitrogen and oxygen atoms in total. The first-order valence-corrected chi connectivity index (χ1v) is 6.64.